The third-order valence-electron chi connectivity index (χ3n) is 4.02. The Labute approximate surface area is 188 Å². The number of rotatable bonds is 15. The summed E-state index contributed by atoms with van der Waals surface area (Å²) in [5.74, 6) is -6.99. The molecule has 0 heterocycles. The Balaban J connectivity index is 5.59. The van der Waals surface area contributed by atoms with Crippen molar-refractivity contribution < 1.29 is 39.0 Å². The van der Waals surface area contributed by atoms with Crippen LogP contribution in [0.5, 0.6) is 0 Å². The zero-order valence-electron chi connectivity index (χ0n) is 17.9. The molecule has 4 amide bonds. The summed E-state index contributed by atoms with van der Waals surface area (Å²) >= 11 is 0. The van der Waals surface area contributed by atoms with Crippen LogP contribution in [0.4, 0.5) is 0 Å². The molecule has 4 atom stereocenters. The lowest BCUT2D eigenvalue weighted by Gasteiger charge is -2.24. The molecule has 0 fully saturated rings. The highest BCUT2D eigenvalue weighted by atomic mass is 16.4. The molecule has 0 spiro atoms. The summed E-state index contributed by atoms with van der Waals surface area (Å²) in [6, 6.07) is -5.67. The van der Waals surface area contributed by atoms with Gasteiger partial charge in [-0.15, -0.1) is 0 Å². The summed E-state index contributed by atoms with van der Waals surface area (Å²) in [6.07, 6.45) is -1.47. The van der Waals surface area contributed by atoms with E-state index in [2.05, 4.69) is 20.9 Å². The molecule has 0 saturated heterocycles. The number of carboxylic acid groups (broad SMARTS) is 2. The standard InChI is InChI=1S/C17H30N8O8/c1-7(18)13(29)24-9(6-12(27)28)15(31)23-8(3-2-4-22-17(20)21)14(30)25-10(16(32)33)5-11(19)26/h7-10H,2-6,18H2,1H3,(H2,19,26)(H,23,31)(H,24,29)(H,25,30)(H,27,28)(H,32,33)(H4,20,21,22). The zero-order chi connectivity index (χ0) is 25.7. The molecule has 13 N–H and O–H groups in total. The van der Waals surface area contributed by atoms with Crippen LogP contribution in [0.1, 0.15) is 32.6 Å². The third-order valence-corrected chi connectivity index (χ3v) is 4.02. The predicted octanol–water partition coefficient (Wildman–Crippen LogP) is -4.72. The van der Waals surface area contributed by atoms with Gasteiger partial charge in [0.25, 0.3) is 0 Å². The lowest BCUT2D eigenvalue weighted by atomic mass is 10.1. The normalized spacial score (nSPS) is 14.0. The summed E-state index contributed by atoms with van der Waals surface area (Å²) in [6.45, 7) is 1.38. The van der Waals surface area contributed by atoms with E-state index in [1.54, 1.807) is 0 Å². The highest BCUT2D eigenvalue weighted by molar-refractivity contribution is 5.96. The highest BCUT2D eigenvalue weighted by Gasteiger charge is 2.31. The van der Waals surface area contributed by atoms with E-state index in [0.29, 0.717) is 0 Å². The van der Waals surface area contributed by atoms with Crippen LogP contribution in [0, 0.1) is 0 Å². The maximum Gasteiger partial charge on any atom is 0.326 e. The van der Waals surface area contributed by atoms with Gasteiger partial charge in [0, 0.05) is 6.54 Å². The fourth-order valence-corrected chi connectivity index (χ4v) is 2.41. The number of amides is 4. The molecule has 0 saturated carbocycles. The molecule has 4 unspecified atom stereocenters. The van der Waals surface area contributed by atoms with Crippen molar-refractivity contribution in [2.24, 2.45) is 27.9 Å². The second-order valence-corrected chi connectivity index (χ2v) is 7.03. The van der Waals surface area contributed by atoms with Gasteiger partial charge in [-0.2, -0.15) is 0 Å². The topological polar surface area (TPSA) is 295 Å². The van der Waals surface area contributed by atoms with Crippen LogP contribution >= 0.6 is 0 Å². The van der Waals surface area contributed by atoms with Crippen LogP contribution < -0.4 is 38.9 Å². The molecule has 186 valence electrons. The molecule has 0 aromatic heterocycles. The monoisotopic (exact) mass is 474 g/mol. The zero-order valence-corrected chi connectivity index (χ0v) is 17.9. The Kier molecular flexibility index (Phi) is 12.5. The molecular weight excluding hydrogens is 444 g/mol. The number of primary amides is 1. The van der Waals surface area contributed by atoms with Gasteiger partial charge in [0.05, 0.1) is 18.9 Å². The number of hydrogen-bond donors (Lipinski definition) is 9. The van der Waals surface area contributed by atoms with Gasteiger partial charge in [0.1, 0.15) is 18.1 Å². The maximum absolute atomic E-state index is 12.6. The van der Waals surface area contributed by atoms with Crippen molar-refractivity contribution in [3.8, 4) is 0 Å². The maximum atomic E-state index is 12.6. The number of nitrogens with two attached hydrogens (primary N) is 4. The number of carbonyl (C=O) groups is 6. The summed E-state index contributed by atoms with van der Waals surface area (Å²) in [7, 11) is 0. The van der Waals surface area contributed by atoms with Crippen LogP contribution in [0.3, 0.4) is 0 Å². The van der Waals surface area contributed by atoms with Gasteiger partial charge in [-0.05, 0) is 19.8 Å². The van der Waals surface area contributed by atoms with E-state index < -0.39 is 72.6 Å². The molecule has 0 rings (SSSR count). The number of nitrogens with zero attached hydrogens (tertiary/aromatic N) is 1. The van der Waals surface area contributed by atoms with Gasteiger partial charge in [-0.1, -0.05) is 0 Å². The first-order chi connectivity index (χ1) is 15.2. The Morgan fingerprint density at radius 1 is 0.818 bits per heavy atom. The van der Waals surface area contributed by atoms with Crippen molar-refractivity contribution in [2.75, 3.05) is 6.54 Å². The Hall–Kier alpha value is -3.95. The number of aliphatic carboxylic acids is 2. The number of nitrogens with one attached hydrogen (secondary N) is 3. The predicted molar refractivity (Wildman–Crippen MR) is 113 cm³/mol. The van der Waals surface area contributed by atoms with Crippen molar-refractivity contribution in [3.63, 3.8) is 0 Å². The highest BCUT2D eigenvalue weighted by Crippen LogP contribution is 2.04. The minimum atomic E-state index is -1.67. The van der Waals surface area contributed by atoms with E-state index in [0.717, 1.165) is 0 Å². The number of carbonyl (C=O) groups excluding carboxylic acids is 4. The molecule has 0 aliphatic heterocycles. The molecule has 0 bridgehead atoms. The van der Waals surface area contributed by atoms with Crippen molar-refractivity contribution in [3.05, 3.63) is 0 Å². The second kappa shape index (κ2) is 14.2. The van der Waals surface area contributed by atoms with E-state index in [4.69, 9.17) is 33.1 Å². The van der Waals surface area contributed by atoms with E-state index in [-0.39, 0.29) is 25.3 Å². The van der Waals surface area contributed by atoms with E-state index in [1.807, 2.05) is 0 Å². The Morgan fingerprint density at radius 3 is 1.79 bits per heavy atom. The Bertz CT molecular complexity index is 781. The first-order valence-corrected chi connectivity index (χ1v) is 9.69. The van der Waals surface area contributed by atoms with Gasteiger partial charge < -0.3 is 49.1 Å². The number of guanidine groups is 1. The fraction of sp³-hybridized carbons (Fsp3) is 0.588. The van der Waals surface area contributed by atoms with Gasteiger partial charge in [0.2, 0.25) is 23.6 Å². The van der Waals surface area contributed by atoms with Crippen LogP contribution in [0.15, 0.2) is 4.99 Å². The van der Waals surface area contributed by atoms with Crippen molar-refractivity contribution in [1.29, 1.82) is 0 Å². The molecule has 16 nitrogen and oxygen atoms in total. The number of aliphatic imine (C=N–C) groups is 1. The van der Waals surface area contributed by atoms with Crippen LogP contribution in [-0.2, 0) is 28.8 Å². The van der Waals surface area contributed by atoms with Gasteiger partial charge in [-0.25, -0.2) is 4.79 Å². The quantitative estimate of drug-likeness (QED) is 0.0616. The van der Waals surface area contributed by atoms with Crippen LogP contribution in [0.2, 0.25) is 0 Å². The minimum Gasteiger partial charge on any atom is -0.481 e. The molecule has 0 aromatic rings. The molecule has 0 aliphatic carbocycles. The number of carboxylic acids is 2. The Morgan fingerprint density at radius 2 is 1.33 bits per heavy atom. The average Bonchev–Trinajstić information content (AvgIpc) is 2.67. The van der Waals surface area contributed by atoms with Gasteiger partial charge in [-0.3, -0.25) is 29.0 Å². The summed E-state index contributed by atoms with van der Waals surface area (Å²) in [5, 5.41) is 24.7. The lowest BCUT2D eigenvalue weighted by molar-refractivity contribution is -0.144. The summed E-state index contributed by atoms with van der Waals surface area (Å²) < 4.78 is 0. The van der Waals surface area contributed by atoms with Gasteiger partial charge >= 0.3 is 11.9 Å². The van der Waals surface area contributed by atoms with Crippen LogP contribution in [-0.4, -0.2) is 82.5 Å². The number of hydrogen-bond acceptors (Lipinski definition) is 8. The molecule has 0 aliphatic rings. The second-order valence-electron chi connectivity index (χ2n) is 7.03. The fourth-order valence-electron chi connectivity index (χ4n) is 2.41. The molecular formula is C17H30N8O8. The molecule has 0 aromatic carbocycles. The smallest absolute Gasteiger partial charge is 0.326 e. The molecule has 16 heteroatoms. The van der Waals surface area contributed by atoms with E-state index in [1.165, 1.54) is 6.92 Å². The SMILES string of the molecule is CC(N)C(=O)NC(CC(=O)O)C(=O)NC(CCCN=C(N)N)C(=O)NC(CC(N)=O)C(=O)O. The van der Waals surface area contributed by atoms with E-state index >= 15 is 0 Å². The van der Waals surface area contributed by atoms with Crippen molar-refractivity contribution in [2.45, 2.75) is 56.8 Å². The summed E-state index contributed by atoms with van der Waals surface area (Å²) in [4.78, 5) is 74.2. The molecule has 33 heavy (non-hydrogen) atoms. The first-order valence-electron chi connectivity index (χ1n) is 9.69. The lowest BCUT2D eigenvalue weighted by Crippen LogP contribution is -2.57. The minimum absolute atomic E-state index is 0.0611. The van der Waals surface area contributed by atoms with E-state index in [9.17, 15) is 28.8 Å². The van der Waals surface area contributed by atoms with Gasteiger partial charge in [0.15, 0.2) is 5.96 Å². The van der Waals surface area contributed by atoms with Crippen molar-refractivity contribution in [1.82, 2.24) is 16.0 Å². The average molecular weight is 474 g/mol. The first kappa shape index (κ1) is 29.0. The molecule has 0 radical (unpaired) electrons. The summed E-state index contributed by atoms with van der Waals surface area (Å²) in [5.41, 5.74) is 20.8. The van der Waals surface area contributed by atoms with Crippen molar-refractivity contribution >= 4 is 41.5 Å². The third kappa shape index (κ3) is 12.5. The largest absolute Gasteiger partial charge is 0.481 e. The van der Waals surface area contributed by atoms with Crippen LogP contribution in [0.25, 0.3) is 0 Å².